The Morgan fingerprint density at radius 2 is 2.04 bits per heavy atom. The summed E-state index contributed by atoms with van der Waals surface area (Å²) in [4.78, 5) is 29.6. The van der Waals surface area contributed by atoms with Crippen molar-refractivity contribution >= 4 is 35.2 Å². The van der Waals surface area contributed by atoms with E-state index in [1.54, 1.807) is 24.3 Å². The van der Waals surface area contributed by atoms with Crippen LogP contribution in [0.25, 0.3) is 0 Å². The zero-order valence-corrected chi connectivity index (χ0v) is 13.3. The van der Waals surface area contributed by atoms with Crippen LogP contribution < -0.4 is 22.3 Å². The summed E-state index contributed by atoms with van der Waals surface area (Å²) in [6.07, 6.45) is 0. The van der Waals surface area contributed by atoms with Crippen molar-refractivity contribution in [3.8, 4) is 0 Å². The van der Waals surface area contributed by atoms with Gasteiger partial charge in [-0.05, 0) is 24.3 Å². The van der Waals surface area contributed by atoms with E-state index >= 15 is 0 Å². The Balaban J connectivity index is 1.86. The lowest BCUT2D eigenvalue weighted by atomic mass is 10.2. The van der Waals surface area contributed by atoms with Crippen molar-refractivity contribution in [1.82, 2.24) is 9.97 Å². The summed E-state index contributed by atoms with van der Waals surface area (Å²) in [7, 11) is 1.34. The molecule has 2 aromatic rings. The number of hydrogen-bond acceptors (Lipinski definition) is 8. The van der Waals surface area contributed by atoms with Crippen LogP contribution in [0, 0.1) is 0 Å². The van der Waals surface area contributed by atoms with Crippen LogP contribution >= 0.6 is 11.8 Å². The fourth-order valence-corrected chi connectivity index (χ4v) is 2.61. The maximum absolute atomic E-state index is 11.7. The second kappa shape index (κ2) is 7.54. The molecule has 1 aromatic heterocycles. The minimum atomic E-state index is -0.377. The summed E-state index contributed by atoms with van der Waals surface area (Å²) in [5.41, 5.74) is 12.1. The molecular weight excluding hydrogens is 318 g/mol. The summed E-state index contributed by atoms with van der Waals surface area (Å²) in [5, 5.41) is 3.18. The molecule has 0 fully saturated rings. The van der Waals surface area contributed by atoms with Crippen LogP contribution in [0.15, 0.2) is 34.0 Å². The van der Waals surface area contributed by atoms with Crippen LogP contribution in [0.4, 0.5) is 17.5 Å². The van der Waals surface area contributed by atoms with E-state index in [1.165, 1.54) is 18.9 Å². The summed E-state index contributed by atoms with van der Waals surface area (Å²) < 4.78 is 4.63. The number of nitrogens with zero attached hydrogens (tertiary/aromatic N) is 1. The standard InChI is InChI=1S/C14H17N5O3S/c1-22-13(21)8-2-4-9(5-3-8)17-6-7-23-10-11(15)18-14(16)19-12(10)20/h2-5,17H,6-7H2,1H3,(H5,15,16,18,19,20). The SMILES string of the molecule is COC(=O)c1ccc(NCCSc2c(N)nc(N)[nH]c2=O)cc1. The molecule has 0 atom stereocenters. The number of anilines is 3. The first-order valence-corrected chi connectivity index (χ1v) is 7.70. The summed E-state index contributed by atoms with van der Waals surface area (Å²) in [5.74, 6) is 0.356. The lowest BCUT2D eigenvalue weighted by Crippen LogP contribution is -2.16. The highest BCUT2D eigenvalue weighted by atomic mass is 32.2. The molecule has 1 aromatic carbocycles. The van der Waals surface area contributed by atoms with Gasteiger partial charge in [0.1, 0.15) is 10.7 Å². The first-order valence-electron chi connectivity index (χ1n) is 6.71. The van der Waals surface area contributed by atoms with Gasteiger partial charge in [-0.15, -0.1) is 11.8 Å². The van der Waals surface area contributed by atoms with Gasteiger partial charge in [-0.1, -0.05) is 0 Å². The van der Waals surface area contributed by atoms with Gasteiger partial charge >= 0.3 is 5.97 Å². The number of nitrogens with one attached hydrogen (secondary N) is 2. The van der Waals surface area contributed by atoms with Crippen LogP contribution in [-0.4, -0.2) is 35.3 Å². The van der Waals surface area contributed by atoms with Crippen LogP contribution in [0.2, 0.25) is 0 Å². The van der Waals surface area contributed by atoms with E-state index in [9.17, 15) is 9.59 Å². The quantitative estimate of drug-likeness (QED) is 0.348. The Kier molecular flexibility index (Phi) is 5.47. The number of aromatic amines is 1. The van der Waals surface area contributed by atoms with Gasteiger partial charge in [0.05, 0.1) is 12.7 Å². The predicted molar refractivity (Wildman–Crippen MR) is 90.7 cm³/mol. The van der Waals surface area contributed by atoms with Crippen LogP contribution in [0.3, 0.4) is 0 Å². The molecule has 0 saturated carbocycles. The Hall–Kier alpha value is -2.68. The smallest absolute Gasteiger partial charge is 0.337 e. The molecule has 0 amide bonds. The maximum Gasteiger partial charge on any atom is 0.337 e. The molecule has 8 nitrogen and oxygen atoms in total. The predicted octanol–water partition coefficient (Wildman–Crippen LogP) is 0.925. The molecule has 1 heterocycles. The molecule has 9 heteroatoms. The van der Waals surface area contributed by atoms with Crippen molar-refractivity contribution in [2.24, 2.45) is 0 Å². The van der Waals surface area contributed by atoms with Gasteiger partial charge in [0.25, 0.3) is 5.56 Å². The van der Waals surface area contributed by atoms with E-state index in [2.05, 4.69) is 20.0 Å². The van der Waals surface area contributed by atoms with Crippen LogP contribution in [0.5, 0.6) is 0 Å². The highest BCUT2D eigenvalue weighted by Gasteiger charge is 2.08. The third-order valence-corrected chi connectivity index (χ3v) is 4.00. The van der Waals surface area contributed by atoms with Gasteiger partial charge in [-0.3, -0.25) is 9.78 Å². The number of carbonyl (C=O) groups excluding carboxylic acids is 1. The monoisotopic (exact) mass is 335 g/mol. The average molecular weight is 335 g/mol. The Bertz CT molecular complexity index is 745. The van der Waals surface area contributed by atoms with E-state index in [4.69, 9.17) is 11.5 Å². The summed E-state index contributed by atoms with van der Waals surface area (Å²) in [6, 6.07) is 6.91. The second-order valence-corrected chi connectivity index (χ2v) is 5.61. The molecule has 0 aliphatic heterocycles. The third kappa shape index (κ3) is 4.39. The number of benzene rings is 1. The minimum absolute atomic E-state index is 0.000621. The number of methoxy groups -OCH3 is 1. The highest BCUT2D eigenvalue weighted by molar-refractivity contribution is 7.99. The van der Waals surface area contributed by atoms with Crippen LogP contribution in [-0.2, 0) is 4.74 Å². The van der Waals surface area contributed by atoms with Gasteiger partial charge < -0.3 is 21.5 Å². The molecule has 0 radical (unpaired) electrons. The first-order chi connectivity index (χ1) is 11.0. The number of aromatic nitrogens is 2. The van der Waals surface area contributed by atoms with Crippen molar-refractivity contribution in [2.75, 3.05) is 36.2 Å². The molecule has 0 aliphatic carbocycles. The number of esters is 1. The van der Waals surface area contributed by atoms with Crippen molar-refractivity contribution < 1.29 is 9.53 Å². The number of ether oxygens (including phenoxy) is 1. The van der Waals surface area contributed by atoms with Gasteiger partial charge in [-0.25, -0.2) is 4.79 Å². The second-order valence-electron chi connectivity index (χ2n) is 4.51. The molecule has 23 heavy (non-hydrogen) atoms. The molecule has 6 N–H and O–H groups in total. The average Bonchev–Trinajstić information content (AvgIpc) is 2.53. The fourth-order valence-electron chi connectivity index (χ4n) is 1.83. The topological polar surface area (TPSA) is 136 Å². The van der Waals surface area contributed by atoms with Crippen molar-refractivity contribution in [1.29, 1.82) is 0 Å². The zero-order chi connectivity index (χ0) is 16.8. The first kappa shape index (κ1) is 16.7. The summed E-state index contributed by atoms with van der Waals surface area (Å²) >= 11 is 1.29. The number of H-pyrrole nitrogens is 1. The normalized spacial score (nSPS) is 10.3. The van der Waals surface area contributed by atoms with Gasteiger partial charge in [-0.2, -0.15) is 4.98 Å². The molecule has 0 aliphatic rings. The summed E-state index contributed by atoms with van der Waals surface area (Å²) in [6.45, 7) is 0.603. The van der Waals surface area contributed by atoms with E-state index in [0.717, 1.165) is 5.69 Å². The number of nitrogen functional groups attached to an aromatic ring is 2. The molecule has 0 saturated heterocycles. The number of thioether (sulfide) groups is 1. The largest absolute Gasteiger partial charge is 0.465 e. The highest BCUT2D eigenvalue weighted by Crippen LogP contribution is 2.19. The van der Waals surface area contributed by atoms with Crippen molar-refractivity contribution in [2.45, 2.75) is 4.90 Å². The maximum atomic E-state index is 11.7. The van der Waals surface area contributed by atoms with E-state index in [0.29, 0.717) is 22.8 Å². The molecule has 122 valence electrons. The van der Waals surface area contributed by atoms with Crippen molar-refractivity contribution in [3.63, 3.8) is 0 Å². The van der Waals surface area contributed by atoms with E-state index < -0.39 is 0 Å². The van der Waals surface area contributed by atoms with Gasteiger partial charge in [0.15, 0.2) is 0 Å². The Labute approximate surface area is 136 Å². The molecule has 2 rings (SSSR count). The Morgan fingerprint density at radius 3 is 2.65 bits per heavy atom. The lowest BCUT2D eigenvalue weighted by Gasteiger charge is -2.08. The number of carbonyl (C=O) groups is 1. The molecule has 0 bridgehead atoms. The number of rotatable bonds is 6. The van der Waals surface area contributed by atoms with Crippen LogP contribution in [0.1, 0.15) is 10.4 Å². The molecule has 0 spiro atoms. The molecular formula is C14H17N5O3S. The van der Waals surface area contributed by atoms with Gasteiger partial charge in [0, 0.05) is 18.0 Å². The number of hydrogen-bond donors (Lipinski definition) is 4. The molecule has 0 unspecified atom stereocenters. The van der Waals surface area contributed by atoms with E-state index in [-0.39, 0.29) is 23.3 Å². The van der Waals surface area contributed by atoms with E-state index in [1.807, 2.05) is 0 Å². The Morgan fingerprint density at radius 1 is 1.35 bits per heavy atom. The zero-order valence-electron chi connectivity index (χ0n) is 12.5. The van der Waals surface area contributed by atoms with Crippen molar-refractivity contribution in [3.05, 3.63) is 40.2 Å². The fraction of sp³-hybridized carbons (Fsp3) is 0.214. The number of nitrogens with two attached hydrogens (primary N) is 2. The van der Waals surface area contributed by atoms with Gasteiger partial charge in [0.2, 0.25) is 5.95 Å². The lowest BCUT2D eigenvalue weighted by molar-refractivity contribution is 0.0601. The third-order valence-electron chi connectivity index (χ3n) is 2.90. The minimum Gasteiger partial charge on any atom is -0.465 e.